The van der Waals surface area contributed by atoms with Crippen LogP contribution in [0.3, 0.4) is 0 Å². The number of carbonyl (C=O) groups excluding carboxylic acids is 1. The molecule has 0 spiro atoms. The topological polar surface area (TPSA) is 104 Å². The summed E-state index contributed by atoms with van der Waals surface area (Å²) in [6.45, 7) is 9.13. The lowest BCUT2D eigenvalue weighted by Gasteiger charge is -2.20. The first-order chi connectivity index (χ1) is 13.7. The van der Waals surface area contributed by atoms with Gasteiger partial charge in [0.15, 0.2) is 5.82 Å². The van der Waals surface area contributed by atoms with Crippen LogP contribution in [0.2, 0.25) is 0 Å². The molecule has 0 aliphatic heterocycles. The van der Waals surface area contributed by atoms with Crippen molar-refractivity contribution in [3.8, 4) is 0 Å². The molecule has 2 aromatic heterocycles. The number of nitrogens with zero attached hydrogens (tertiary/aromatic N) is 3. The summed E-state index contributed by atoms with van der Waals surface area (Å²) in [5.74, 6) is 1.07. The van der Waals surface area contributed by atoms with E-state index >= 15 is 0 Å². The molecule has 3 rings (SSSR count). The molecule has 3 aromatic rings. The van der Waals surface area contributed by atoms with Crippen molar-refractivity contribution in [2.24, 2.45) is 0 Å². The number of aromatic nitrogens is 3. The predicted molar refractivity (Wildman–Crippen MR) is 117 cm³/mol. The fourth-order valence-corrected chi connectivity index (χ4v) is 3.40. The molecule has 2 heterocycles. The Bertz CT molecular complexity index is 1040. The predicted octanol–water partition coefficient (Wildman–Crippen LogP) is 3.99. The lowest BCUT2D eigenvalue weighted by atomic mass is 10.1. The zero-order chi connectivity index (χ0) is 21.2. The van der Waals surface area contributed by atoms with Gasteiger partial charge in [-0.1, -0.05) is 15.9 Å². The number of fused-ring (bicyclic) bond motifs is 3. The van der Waals surface area contributed by atoms with Gasteiger partial charge in [-0.2, -0.15) is 0 Å². The standard InChI is InChI=1S/C20H26BrN5O3/c1-5-28-11-15-24-16-17(13-7-6-12(21)10-14(13)23-18(16)22)26(15)8-9-29-19(27)25-20(2,3)4/h6-7,10H,5,8-9,11H2,1-4H3,(H2,22,23)(H,25,27). The first-order valence-electron chi connectivity index (χ1n) is 9.46. The fourth-order valence-electron chi connectivity index (χ4n) is 3.05. The number of halogens is 1. The quantitative estimate of drug-likeness (QED) is 0.572. The molecule has 0 aliphatic rings. The molecule has 0 fully saturated rings. The zero-order valence-corrected chi connectivity index (χ0v) is 18.7. The lowest BCUT2D eigenvalue weighted by molar-refractivity contribution is 0.120. The summed E-state index contributed by atoms with van der Waals surface area (Å²) in [4.78, 5) is 21.1. The molecule has 0 saturated heterocycles. The van der Waals surface area contributed by atoms with Gasteiger partial charge in [-0.15, -0.1) is 0 Å². The van der Waals surface area contributed by atoms with E-state index in [0.29, 0.717) is 36.9 Å². The van der Waals surface area contributed by atoms with E-state index in [1.165, 1.54) is 0 Å². The summed E-state index contributed by atoms with van der Waals surface area (Å²) in [7, 11) is 0. The van der Waals surface area contributed by atoms with Gasteiger partial charge in [-0.25, -0.2) is 14.8 Å². The third-order valence-electron chi connectivity index (χ3n) is 4.21. The Balaban J connectivity index is 1.98. The van der Waals surface area contributed by atoms with E-state index in [9.17, 15) is 4.79 Å². The number of benzene rings is 1. The number of amides is 1. The second-order valence-corrected chi connectivity index (χ2v) is 8.60. The van der Waals surface area contributed by atoms with Crippen molar-refractivity contribution in [2.75, 3.05) is 18.9 Å². The van der Waals surface area contributed by atoms with Gasteiger partial charge < -0.3 is 25.1 Å². The van der Waals surface area contributed by atoms with E-state index in [4.69, 9.17) is 15.2 Å². The highest BCUT2D eigenvalue weighted by atomic mass is 79.9. The molecule has 3 N–H and O–H groups in total. The molecule has 9 heteroatoms. The van der Waals surface area contributed by atoms with Crippen molar-refractivity contribution in [1.29, 1.82) is 0 Å². The van der Waals surface area contributed by atoms with E-state index in [1.807, 2.05) is 50.5 Å². The minimum atomic E-state index is -0.455. The second-order valence-electron chi connectivity index (χ2n) is 7.68. The number of carbonyl (C=O) groups is 1. The highest BCUT2D eigenvalue weighted by Gasteiger charge is 2.19. The van der Waals surface area contributed by atoms with Gasteiger partial charge in [0.05, 0.1) is 17.6 Å². The number of hydrogen-bond donors (Lipinski definition) is 2. The number of alkyl carbamates (subject to hydrolysis) is 1. The molecule has 0 unspecified atom stereocenters. The van der Waals surface area contributed by atoms with Crippen molar-refractivity contribution >= 4 is 49.8 Å². The van der Waals surface area contributed by atoms with Crippen LogP contribution in [0.25, 0.3) is 21.9 Å². The number of ether oxygens (including phenoxy) is 2. The molecular weight excluding hydrogens is 438 g/mol. The van der Waals surface area contributed by atoms with Gasteiger partial charge in [-0.3, -0.25) is 0 Å². The normalized spacial score (nSPS) is 11.9. The highest BCUT2D eigenvalue weighted by molar-refractivity contribution is 9.10. The number of pyridine rings is 1. The van der Waals surface area contributed by atoms with Crippen LogP contribution in [0.1, 0.15) is 33.5 Å². The van der Waals surface area contributed by atoms with Gasteiger partial charge in [0.2, 0.25) is 0 Å². The third-order valence-corrected chi connectivity index (χ3v) is 4.70. The van der Waals surface area contributed by atoms with Crippen LogP contribution in [0, 0.1) is 0 Å². The van der Waals surface area contributed by atoms with Crippen molar-refractivity contribution in [3.63, 3.8) is 0 Å². The van der Waals surface area contributed by atoms with E-state index < -0.39 is 6.09 Å². The Labute approximate surface area is 177 Å². The van der Waals surface area contributed by atoms with Gasteiger partial charge >= 0.3 is 6.09 Å². The summed E-state index contributed by atoms with van der Waals surface area (Å²) >= 11 is 3.47. The Morgan fingerprint density at radius 3 is 2.76 bits per heavy atom. The molecule has 0 aliphatic carbocycles. The van der Waals surface area contributed by atoms with Gasteiger partial charge in [0, 0.05) is 22.0 Å². The second kappa shape index (κ2) is 8.54. The van der Waals surface area contributed by atoms with Crippen LogP contribution in [-0.4, -0.2) is 39.4 Å². The van der Waals surface area contributed by atoms with Crippen molar-refractivity contribution in [3.05, 3.63) is 28.5 Å². The van der Waals surface area contributed by atoms with Crippen LogP contribution in [-0.2, 0) is 22.6 Å². The number of nitrogen functional groups attached to an aromatic ring is 1. The summed E-state index contributed by atoms with van der Waals surface area (Å²) in [6.07, 6.45) is -0.455. The maximum absolute atomic E-state index is 12.0. The summed E-state index contributed by atoms with van der Waals surface area (Å²) < 4.78 is 13.9. The number of hydrogen-bond acceptors (Lipinski definition) is 6. The monoisotopic (exact) mass is 463 g/mol. The summed E-state index contributed by atoms with van der Waals surface area (Å²) in [5.41, 5.74) is 8.07. The van der Waals surface area contributed by atoms with Crippen molar-refractivity contribution < 1.29 is 14.3 Å². The summed E-state index contributed by atoms with van der Waals surface area (Å²) in [5, 5.41) is 3.71. The van der Waals surface area contributed by atoms with E-state index in [-0.39, 0.29) is 12.1 Å². The lowest BCUT2D eigenvalue weighted by Crippen LogP contribution is -2.41. The minimum Gasteiger partial charge on any atom is -0.448 e. The van der Waals surface area contributed by atoms with Crippen molar-refractivity contribution in [2.45, 2.75) is 46.4 Å². The molecule has 0 saturated carbocycles. The number of rotatable bonds is 6. The number of nitrogens with one attached hydrogen (secondary N) is 1. The van der Waals surface area contributed by atoms with Gasteiger partial charge in [0.1, 0.15) is 24.6 Å². The molecule has 156 valence electrons. The average molecular weight is 464 g/mol. The average Bonchev–Trinajstić information content (AvgIpc) is 2.97. The first-order valence-corrected chi connectivity index (χ1v) is 10.3. The van der Waals surface area contributed by atoms with Crippen LogP contribution >= 0.6 is 15.9 Å². The SMILES string of the molecule is CCOCc1nc2c(N)nc3cc(Br)ccc3c2n1CCOC(=O)NC(C)(C)C. The Kier molecular flexibility index (Phi) is 6.28. The molecule has 1 amide bonds. The zero-order valence-electron chi connectivity index (χ0n) is 17.1. The number of nitrogens with two attached hydrogens (primary N) is 1. The van der Waals surface area contributed by atoms with Crippen LogP contribution < -0.4 is 11.1 Å². The van der Waals surface area contributed by atoms with E-state index in [1.54, 1.807) is 0 Å². The largest absolute Gasteiger partial charge is 0.448 e. The van der Waals surface area contributed by atoms with Crippen molar-refractivity contribution in [1.82, 2.24) is 19.9 Å². The fraction of sp³-hybridized carbons (Fsp3) is 0.450. The smallest absolute Gasteiger partial charge is 0.407 e. The van der Waals surface area contributed by atoms with Crippen LogP contribution in [0.5, 0.6) is 0 Å². The Hall–Kier alpha value is -2.39. The van der Waals surface area contributed by atoms with Crippen LogP contribution in [0.15, 0.2) is 22.7 Å². The maximum Gasteiger partial charge on any atom is 0.407 e. The highest BCUT2D eigenvalue weighted by Crippen LogP contribution is 2.30. The summed E-state index contributed by atoms with van der Waals surface area (Å²) in [6, 6.07) is 5.84. The third kappa shape index (κ3) is 4.97. The number of imidazole rings is 1. The molecular formula is C20H26BrN5O3. The molecule has 0 atom stereocenters. The molecule has 0 bridgehead atoms. The molecule has 0 radical (unpaired) electrons. The minimum absolute atomic E-state index is 0.187. The Morgan fingerprint density at radius 1 is 1.31 bits per heavy atom. The molecule has 1 aromatic carbocycles. The van der Waals surface area contributed by atoms with Gasteiger partial charge in [0.25, 0.3) is 0 Å². The molecule has 8 nitrogen and oxygen atoms in total. The van der Waals surface area contributed by atoms with Crippen LogP contribution in [0.4, 0.5) is 10.6 Å². The Morgan fingerprint density at radius 2 is 2.07 bits per heavy atom. The van der Waals surface area contributed by atoms with Gasteiger partial charge in [-0.05, 0) is 45.9 Å². The maximum atomic E-state index is 12.0. The number of anilines is 1. The first kappa shape index (κ1) is 21.3. The van der Waals surface area contributed by atoms with E-state index in [0.717, 1.165) is 20.9 Å². The molecule has 29 heavy (non-hydrogen) atoms. The van der Waals surface area contributed by atoms with E-state index in [2.05, 4.69) is 31.2 Å².